The highest BCUT2D eigenvalue weighted by Gasteiger charge is 2.54. The van der Waals surface area contributed by atoms with Crippen molar-refractivity contribution in [3.8, 4) is 5.75 Å². The summed E-state index contributed by atoms with van der Waals surface area (Å²) in [6, 6.07) is 17.7. The van der Waals surface area contributed by atoms with Gasteiger partial charge < -0.3 is 14.0 Å². The van der Waals surface area contributed by atoms with Crippen LogP contribution in [-0.2, 0) is 21.7 Å². The number of aromatic nitrogens is 2. The van der Waals surface area contributed by atoms with Crippen LogP contribution in [0.2, 0.25) is 0 Å². The molecule has 7 heteroatoms. The van der Waals surface area contributed by atoms with Gasteiger partial charge in [0.05, 0.1) is 23.5 Å². The van der Waals surface area contributed by atoms with Crippen LogP contribution in [0.5, 0.6) is 5.75 Å². The number of esters is 1. The first kappa shape index (κ1) is 28.7. The quantitative estimate of drug-likeness (QED) is 0.141. The Kier molecular flexibility index (Phi) is 8.09. The zero-order chi connectivity index (χ0) is 29.2. The number of hydrogen-bond donors (Lipinski definition) is 1. The first-order valence-corrected chi connectivity index (χ1v) is 14.9. The average molecular weight is 556 g/mol. The minimum atomic E-state index is -1.29. The predicted molar refractivity (Wildman–Crippen MR) is 162 cm³/mol. The first-order valence-electron chi connectivity index (χ1n) is 14.9. The fraction of sp³-hybridized carbons (Fsp3) is 0.412. The molecule has 2 aromatic heterocycles. The standard InChI is InChI=1S/C34H41N3O4/c1-7-20-33(8-2,9-3)41-36-24-18-19-27(29(22-24)39-11-5)34(31-26(32(38)40-34)16-14-21-35-31)30-23(6)37(10-4)28-17-13-12-15-25(28)30/h12-19,21-22,36H,7-11,20H2,1-6H3. The number of nitrogens with zero attached hydrogens (tertiary/aromatic N) is 2. The molecule has 0 saturated heterocycles. The molecule has 0 radical (unpaired) electrons. The molecule has 0 aliphatic carbocycles. The number of ether oxygens (including phenoxy) is 2. The monoisotopic (exact) mass is 555 g/mol. The molecule has 7 nitrogen and oxygen atoms in total. The van der Waals surface area contributed by atoms with Crippen molar-refractivity contribution in [2.24, 2.45) is 0 Å². The van der Waals surface area contributed by atoms with E-state index in [2.05, 4.69) is 56.8 Å². The van der Waals surface area contributed by atoms with Gasteiger partial charge in [-0.3, -0.25) is 15.3 Å². The first-order chi connectivity index (χ1) is 19.9. The van der Waals surface area contributed by atoms with Crippen LogP contribution in [0.1, 0.15) is 93.2 Å². The van der Waals surface area contributed by atoms with Crippen LogP contribution in [0.3, 0.4) is 0 Å². The van der Waals surface area contributed by atoms with E-state index < -0.39 is 11.6 Å². The second-order valence-corrected chi connectivity index (χ2v) is 10.7. The van der Waals surface area contributed by atoms with E-state index in [1.807, 2.05) is 37.3 Å². The lowest BCUT2D eigenvalue weighted by atomic mass is 9.80. The van der Waals surface area contributed by atoms with Gasteiger partial charge in [-0.05, 0) is 70.4 Å². The molecule has 1 atom stereocenters. The van der Waals surface area contributed by atoms with Crippen LogP contribution in [-0.4, -0.2) is 27.7 Å². The van der Waals surface area contributed by atoms with Gasteiger partial charge in [0.25, 0.3) is 0 Å². The minimum absolute atomic E-state index is 0.247. The van der Waals surface area contributed by atoms with Crippen molar-refractivity contribution in [1.29, 1.82) is 0 Å². The summed E-state index contributed by atoms with van der Waals surface area (Å²) in [6.07, 6.45) is 5.53. The molecule has 1 unspecified atom stereocenters. The lowest BCUT2D eigenvalue weighted by Gasteiger charge is -2.33. The Morgan fingerprint density at radius 1 is 1.02 bits per heavy atom. The van der Waals surface area contributed by atoms with Crippen molar-refractivity contribution in [2.75, 3.05) is 12.1 Å². The van der Waals surface area contributed by atoms with Crippen molar-refractivity contribution in [3.63, 3.8) is 0 Å². The van der Waals surface area contributed by atoms with Crippen molar-refractivity contribution in [1.82, 2.24) is 9.55 Å². The number of fused-ring (bicyclic) bond motifs is 2. The molecule has 0 amide bonds. The summed E-state index contributed by atoms with van der Waals surface area (Å²) in [7, 11) is 0. The van der Waals surface area contributed by atoms with Crippen molar-refractivity contribution in [2.45, 2.75) is 85.0 Å². The lowest BCUT2D eigenvalue weighted by molar-refractivity contribution is -0.0257. The molecule has 1 aliphatic heterocycles. The molecule has 0 saturated carbocycles. The summed E-state index contributed by atoms with van der Waals surface area (Å²) in [5, 5.41) is 1.02. The van der Waals surface area contributed by atoms with Gasteiger partial charge in [-0.25, -0.2) is 4.79 Å². The normalized spacial score (nSPS) is 16.6. The molecule has 5 rings (SSSR count). The zero-order valence-corrected chi connectivity index (χ0v) is 25.0. The van der Waals surface area contributed by atoms with Crippen molar-refractivity contribution < 1.29 is 19.1 Å². The SMILES string of the molecule is CCCC(CC)(CC)ONc1ccc(C2(c3c(C)n(CC)c4ccccc34)OC(=O)c3cccnc32)c(OCC)c1. The van der Waals surface area contributed by atoms with E-state index in [9.17, 15) is 4.79 Å². The Labute approximate surface area is 242 Å². The number of para-hydroxylation sites is 1. The van der Waals surface area contributed by atoms with Crippen LogP contribution >= 0.6 is 0 Å². The second kappa shape index (κ2) is 11.6. The second-order valence-electron chi connectivity index (χ2n) is 10.7. The average Bonchev–Trinajstić information content (AvgIpc) is 3.46. The van der Waals surface area contributed by atoms with Crippen molar-refractivity contribution >= 4 is 22.6 Å². The summed E-state index contributed by atoms with van der Waals surface area (Å²) in [5.41, 5.74) is 7.21. The Hall–Kier alpha value is -3.84. The third-order valence-electron chi connectivity index (χ3n) is 8.55. The molecule has 3 heterocycles. The highest BCUT2D eigenvalue weighted by Crippen LogP contribution is 2.52. The minimum Gasteiger partial charge on any atom is -0.493 e. The fourth-order valence-electron chi connectivity index (χ4n) is 6.44. The molecular formula is C34H41N3O4. The molecule has 0 fully saturated rings. The van der Waals surface area contributed by atoms with E-state index in [0.717, 1.165) is 65.6 Å². The van der Waals surface area contributed by atoms with Gasteiger partial charge in [0.1, 0.15) is 11.4 Å². The zero-order valence-electron chi connectivity index (χ0n) is 25.0. The van der Waals surface area contributed by atoms with Gasteiger partial charge in [-0.2, -0.15) is 0 Å². The molecule has 2 aromatic carbocycles. The number of rotatable bonds is 12. The van der Waals surface area contributed by atoms with Crippen LogP contribution in [0.25, 0.3) is 10.9 Å². The molecule has 1 N–H and O–H groups in total. The third kappa shape index (κ3) is 4.66. The molecule has 1 aliphatic rings. The number of hydrogen-bond acceptors (Lipinski definition) is 6. The number of pyridine rings is 1. The van der Waals surface area contributed by atoms with Gasteiger partial charge >= 0.3 is 5.97 Å². The number of carbonyl (C=O) groups is 1. The van der Waals surface area contributed by atoms with E-state index in [1.165, 1.54) is 0 Å². The topological polar surface area (TPSA) is 74.6 Å². The Morgan fingerprint density at radius 2 is 1.80 bits per heavy atom. The number of cyclic esters (lactones) is 1. The van der Waals surface area contributed by atoms with Gasteiger partial charge in [-0.1, -0.05) is 45.4 Å². The highest BCUT2D eigenvalue weighted by molar-refractivity contribution is 5.98. The van der Waals surface area contributed by atoms with Gasteiger partial charge in [0.2, 0.25) is 5.60 Å². The predicted octanol–water partition coefficient (Wildman–Crippen LogP) is 7.93. The van der Waals surface area contributed by atoms with Gasteiger partial charge in [0, 0.05) is 46.5 Å². The molecule has 4 aromatic rings. The van der Waals surface area contributed by atoms with E-state index >= 15 is 0 Å². The summed E-state index contributed by atoms with van der Waals surface area (Å²) in [5.74, 6) is 0.207. The van der Waals surface area contributed by atoms with Gasteiger partial charge in [0.15, 0.2) is 0 Å². The summed E-state index contributed by atoms with van der Waals surface area (Å²) >= 11 is 0. The Balaban J connectivity index is 1.73. The van der Waals surface area contributed by atoms with E-state index in [4.69, 9.17) is 19.3 Å². The fourth-order valence-corrected chi connectivity index (χ4v) is 6.44. The number of anilines is 1. The Bertz CT molecular complexity index is 1560. The number of benzene rings is 2. The molecule has 216 valence electrons. The smallest absolute Gasteiger partial charge is 0.341 e. The van der Waals surface area contributed by atoms with Crippen LogP contribution in [0, 0.1) is 6.92 Å². The van der Waals surface area contributed by atoms with E-state index in [0.29, 0.717) is 23.6 Å². The lowest BCUT2D eigenvalue weighted by Crippen LogP contribution is -2.33. The number of nitrogens with one attached hydrogen (secondary N) is 1. The van der Waals surface area contributed by atoms with E-state index in [1.54, 1.807) is 18.3 Å². The number of carbonyl (C=O) groups excluding carboxylic acids is 1. The van der Waals surface area contributed by atoms with Gasteiger partial charge in [-0.15, -0.1) is 0 Å². The van der Waals surface area contributed by atoms with Crippen molar-refractivity contribution in [3.05, 3.63) is 88.9 Å². The number of aryl methyl sites for hydroxylation is 1. The maximum absolute atomic E-state index is 13.5. The summed E-state index contributed by atoms with van der Waals surface area (Å²) < 4.78 is 15.0. The van der Waals surface area contributed by atoms with Crippen LogP contribution in [0.4, 0.5) is 5.69 Å². The molecule has 0 spiro atoms. The third-order valence-corrected chi connectivity index (χ3v) is 8.55. The largest absolute Gasteiger partial charge is 0.493 e. The Morgan fingerprint density at radius 3 is 2.51 bits per heavy atom. The summed E-state index contributed by atoms with van der Waals surface area (Å²) in [4.78, 5) is 24.6. The molecular weight excluding hydrogens is 514 g/mol. The summed E-state index contributed by atoms with van der Waals surface area (Å²) in [6.45, 7) is 13.9. The maximum Gasteiger partial charge on any atom is 0.341 e. The molecule has 0 bridgehead atoms. The van der Waals surface area contributed by atoms with Crippen LogP contribution in [0.15, 0.2) is 60.8 Å². The highest BCUT2D eigenvalue weighted by atomic mass is 16.7. The maximum atomic E-state index is 13.5. The van der Waals surface area contributed by atoms with Crippen LogP contribution < -0.4 is 10.2 Å². The molecule has 41 heavy (non-hydrogen) atoms. The van der Waals surface area contributed by atoms with E-state index in [-0.39, 0.29) is 5.60 Å².